The Hall–Kier alpha value is -2.84. The molecule has 26 heavy (non-hydrogen) atoms. The van der Waals surface area contributed by atoms with Gasteiger partial charge in [0.25, 0.3) is 5.91 Å². The lowest BCUT2D eigenvalue weighted by molar-refractivity contribution is -0.123. The lowest BCUT2D eigenvalue weighted by Crippen LogP contribution is -2.44. The minimum Gasteiger partial charge on any atom is -0.449 e. The lowest BCUT2D eigenvalue weighted by atomic mass is 10.2. The average molecular weight is 373 g/mol. The van der Waals surface area contributed by atoms with Crippen molar-refractivity contribution in [2.24, 2.45) is 0 Å². The molecule has 0 fully saturated rings. The molecule has 3 rings (SSSR count). The highest BCUT2D eigenvalue weighted by Gasteiger charge is 2.32. The quantitative estimate of drug-likeness (QED) is 0.458. The second-order valence-electron chi connectivity index (χ2n) is 5.59. The molecule has 1 aliphatic rings. The third-order valence-electron chi connectivity index (χ3n) is 3.70. The van der Waals surface area contributed by atoms with E-state index in [-0.39, 0.29) is 18.2 Å². The molecule has 0 unspecified atom stereocenters. The Morgan fingerprint density at radius 2 is 2.27 bits per heavy atom. The van der Waals surface area contributed by atoms with Crippen molar-refractivity contribution in [3.8, 4) is 5.75 Å². The molecule has 136 valence electrons. The van der Waals surface area contributed by atoms with E-state index >= 15 is 0 Å². The van der Waals surface area contributed by atoms with Gasteiger partial charge in [-0.25, -0.2) is 0 Å². The number of rotatable bonds is 6. The molecule has 1 aromatic carbocycles. The summed E-state index contributed by atoms with van der Waals surface area (Å²) >= 11 is 1.49. The number of nitrogens with two attached hydrogens (primary N) is 1. The molecule has 3 N–H and O–H groups in total. The summed E-state index contributed by atoms with van der Waals surface area (Å²) in [5.74, 6) is -0.0414. The minimum atomic E-state index is -0.390. The summed E-state index contributed by atoms with van der Waals surface area (Å²) in [6.07, 6.45) is 1.67. The van der Waals surface area contributed by atoms with Crippen molar-refractivity contribution in [3.05, 3.63) is 46.3 Å². The van der Waals surface area contributed by atoms with Crippen molar-refractivity contribution >= 4 is 40.6 Å². The maximum absolute atomic E-state index is 12.9. The average Bonchev–Trinajstić information content (AvgIpc) is 3.12. The van der Waals surface area contributed by atoms with Crippen molar-refractivity contribution in [1.29, 1.82) is 0 Å². The van der Waals surface area contributed by atoms with E-state index in [2.05, 4.69) is 5.32 Å². The van der Waals surface area contributed by atoms with Crippen LogP contribution in [-0.4, -0.2) is 38.6 Å². The van der Waals surface area contributed by atoms with E-state index in [4.69, 9.17) is 15.2 Å². The molecule has 0 aliphatic carbocycles. The first-order valence-corrected chi connectivity index (χ1v) is 8.86. The standard InChI is InChI=1S/C18H19N3O4S/c1-24-7-6-20-17(22)11-21-14-9-12(19)4-5-15(14)25-16(18(21)23)10-13-3-2-8-26-13/h2-5,8-10H,6-7,11,19H2,1H3,(H,20,22)/b16-10+. The fraction of sp³-hybridized carbons (Fsp3) is 0.222. The van der Waals surface area contributed by atoms with Gasteiger partial charge in [-0.1, -0.05) is 6.07 Å². The number of fused-ring (bicyclic) bond motifs is 1. The molecule has 1 aliphatic heterocycles. The van der Waals surface area contributed by atoms with Crippen molar-refractivity contribution in [3.63, 3.8) is 0 Å². The number of hydrogen-bond acceptors (Lipinski definition) is 6. The van der Waals surface area contributed by atoms with Gasteiger partial charge in [0.05, 0.1) is 12.3 Å². The monoisotopic (exact) mass is 373 g/mol. The van der Waals surface area contributed by atoms with E-state index in [9.17, 15) is 9.59 Å². The molecule has 0 atom stereocenters. The maximum Gasteiger partial charge on any atom is 0.294 e. The molecule has 7 nitrogen and oxygen atoms in total. The first-order valence-electron chi connectivity index (χ1n) is 7.98. The van der Waals surface area contributed by atoms with E-state index in [0.29, 0.717) is 30.3 Å². The van der Waals surface area contributed by atoms with Gasteiger partial charge in [-0.2, -0.15) is 0 Å². The van der Waals surface area contributed by atoms with Crippen LogP contribution in [0.5, 0.6) is 5.75 Å². The van der Waals surface area contributed by atoms with Crippen LogP contribution < -0.4 is 20.7 Å². The van der Waals surface area contributed by atoms with Crippen LogP contribution in [0.4, 0.5) is 11.4 Å². The number of amides is 2. The number of methoxy groups -OCH3 is 1. The second-order valence-corrected chi connectivity index (χ2v) is 6.57. The summed E-state index contributed by atoms with van der Waals surface area (Å²) in [6.45, 7) is 0.634. The van der Waals surface area contributed by atoms with Crippen LogP contribution in [0.15, 0.2) is 41.5 Å². The number of anilines is 2. The highest BCUT2D eigenvalue weighted by Crippen LogP contribution is 2.37. The molecule has 8 heteroatoms. The normalized spacial score (nSPS) is 14.9. The first kappa shape index (κ1) is 18.0. The van der Waals surface area contributed by atoms with Gasteiger partial charge in [-0.15, -0.1) is 11.3 Å². The highest BCUT2D eigenvalue weighted by atomic mass is 32.1. The van der Waals surface area contributed by atoms with E-state index in [1.54, 1.807) is 31.4 Å². The predicted octanol–water partition coefficient (Wildman–Crippen LogP) is 1.86. The molecular weight excluding hydrogens is 354 g/mol. The van der Waals surface area contributed by atoms with E-state index in [1.807, 2.05) is 17.5 Å². The molecule has 0 radical (unpaired) electrons. The first-order chi connectivity index (χ1) is 12.6. The lowest BCUT2D eigenvalue weighted by Gasteiger charge is -2.30. The van der Waals surface area contributed by atoms with Crippen molar-refractivity contribution in [2.45, 2.75) is 0 Å². The molecule has 2 aromatic rings. The molecule has 0 bridgehead atoms. The molecule has 1 aromatic heterocycles. The van der Waals surface area contributed by atoms with Crippen LogP contribution in [-0.2, 0) is 14.3 Å². The predicted molar refractivity (Wildman–Crippen MR) is 101 cm³/mol. The van der Waals surface area contributed by atoms with Gasteiger partial charge in [-0.3, -0.25) is 14.5 Å². The summed E-state index contributed by atoms with van der Waals surface area (Å²) in [5, 5.41) is 4.62. The largest absolute Gasteiger partial charge is 0.449 e. The number of benzene rings is 1. The Morgan fingerprint density at radius 1 is 1.42 bits per heavy atom. The second kappa shape index (κ2) is 8.03. The Bertz CT molecular complexity index is 833. The van der Waals surface area contributed by atoms with Crippen LogP contribution in [0.2, 0.25) is 0 Å². The van der Waals surface area contributed by atoms with Gasteiger partial charge in [-0.05, 0) is 29.6 Å². The molecular formula is C18H19N3O4S. The Balaban J connectivity index is 1.88. The number of nitrogens with zero attached hydrogens (tertiary/aromatic N) is 1. The van der Waals surface area contributed by atoms with Gasteiger partial charge < -0.3 is 20.5 Å². The van der Waals surface area contributed by atoms with Crippen molar-refractivity contribution in [1.82, 2.24) is 5.32 Å². The van der Waals surface area contributed by atoms with Crippen LogP contribution in [0, 0.1) is 0 Å². The number of carbonyl (C=O) groups is 2. The Labute approximate surface area is 155 Å². The number of thiophene rings is 1. The number of hydrogen-bond donors (Lipinski definition) is 2. The summed E-state index contributed by atoms with van der Waals surface area (Å²) in [5.41, 5.74) is 6.79. The molecule has 2 heterocycles. The highest BCUT2D eigenvalue weighted by molar-refractivity contribution is 7.10. The summed E-state index contributed by atoms with van der Waals surface area (Å²) in [6, 6.07) is 8.77. The zero-order valence-corrected chi connectivity index (χ0v) is 15.0. The summed E-state index contributed by atoms with van der Waals surface area (Å²) < 4.78 is 10.7. The molecule has 0 spiro atoms. The maximum atomic E-state index is 12.9. The smallest absolute Gasteiger partial charge is 0.294 e. The van der Waals surface area contributed by atoms with Gasteiger partial charge >= 0.3 is 0 Å². The van der Waals surface area contributed by atoms with Gasteiger partial charge in [0, 0.05) is 30.3 Å². The number of carbonyl (C=O) groups excluding carboxylic acids is 2. The van der Waals surface area contributed by atoms with Crippen molar-refractivity contribution < 1.29 is 19.1 Å². The molecule has 0 saturated carbocycles. The molecule has 2 amide bonds. The van der Waals surface area contributed by atoms with Gasteiger partial charge in [0.15, 0.2) is 11.5 Å². The van der Waals surface area contributed by atoms with E-state index in [0.717, 1.165) is 4.88 Å². The summed E-state index contributed by atoms with van der Waals surface area (Å²) in [7, 11) is 1.55. The van der Waals surface area contributed by atoms with Crippen LogP contribution >= 0.6 is 11.3 Å². The minimum absolute atomic E-state index is 0.135. The van der Waals surface area contributed by atoms with Crippen LogP contribution in [0.1, 0.15) is 4.88 Å². The topological polar surface area (TPSA) is 93.9 Å². The van der Waals surface area contributed by atoms with Gasteiger partial charge in [0.2, 0.25) is 5.91 Å². The number of nitrogen functional groups attached to an aromatic ring is 1. The molecule has 0 saturated heterocycles. The Morgan fingerprint density at radius 3 is 3.00 bits per heavy atom. The zero-order valence-electron chi connectivity index (χ0n) is 14.2. The third-order valence-corrected chi connectivity index (χ3v) is 4.52. The van der Waals surface area contributed by atoms with E-state index < -0.39 is 5.91 Å². The zero-order chi connectivity index (χ0) is 18.5. The summed E-state index contributed by atoms with van der Waals surface area (Å²) in [4.78, 5) is 27.3. The van der Waals surface area contributed by atoms with E-state index in [1.165, 1.54) is 16.2 Å². The fourth-order valence-electron chi connectivity index (χ4n) is 2.48. The number of nitrogens with one attached hydrogen (secondary N) is 1. The third kappa shape index (κ3) is 4.04. The SMILES string of the molecule is COCCNC(=O)CN1C(=O)/C(=C\c2cccs2)Oc2ccc(N)cc21. The van der Waals surface area contributed by atoms with Gasteiger partial charge in [0.1, 0.15) is 6.54 Å². The van der Waals surface area contributed by atoms with Crippen LogP contribution in [0.3, 0.4) is 0 Å². The van der Waals surface area contributed by atoms with Crippen LogP contribution in [0.25, 0.3) is 6.08 Å². The fourth-order valence-corrected chi connectivity index (χ4v) is 3.13. The van der Waals surface area contributed by atoms with Crippen molar-refractivity contribution in [2.75, 3.05) is 37.4 Å². The number of ether oxygens (including phenoxy) is 2. The Kier molecular flexibility index (Phi) is 5.55.